The molecule has 2 heterocycles. The van der Waals surface area contributed by atoms with Crippen molar-refractivity contribution in [2.75, 3.05) is 32.1 Å². The number of aromatic nitrogens is 1. The molecule has 4 N–H and O–H groups in total. The third-order valence-corrected chi connectivity index (χ3v) is 7.23. The highest BCUT2D eigenvalue weighted by Gasteiger charge is 2.40. The largest absolute Gasteiger partial charge is 0.496 e. The van der Waals surface area contributed by atoms with Crippen LogP contribution >= 0.6 is 0 Å². The Labute approximate surface area is 212 Å². The Morgan fingerprint density at radius 2 is 2.08 bits per heavy atom. The summed E-state index contributed by atoms with van der Waals surface area (Å²) in [5.74, 6) is 1.01. The monoisotopic (exact) mass is 492 g/mol. The summed E-state index contributed by atoms with van der Waals surface area (Å²) < 4.78 is 5.34. The van der Waals surface area contributed by atoms with Crippen LogP contribution in [0, 0.1) is 6.92 Å². The molecule has 2 aromatic rings. The first-order chi connectivity index (χ1) is 17.2. The van der Waals surface area contributed by atoms with Gasteiger partial charge in [0.25, 0.3) is 11.8 Å². The standard InChI is InChI=1S/C27H36N6O3/c1-5-33(24-10-9-19(16-29-24)25(34)30-20-12-14-32(3)17-20)21-11-13-27(28,15-21)31-26(35)22-7-6-8-23(36-4)18(22)2/h5-10,16,20-21H,1,11-15,17,28H2,2-4H3,(H,30,34)(H,31,35). The average molecular weight is 493 g/mol. The van der Waals surface area contributed by atoms with Crippen molar-refractivity contribution in [3.05, 3.63) is 66.0 Å². The maximum atomic E-state index is 13.0. The average Bonchev–Trinajstić information content (AvgIpc) is 3.45. The Kier molecular flexibility index (Phi) is 7.61. The highest BCUT2D eigenvalue weighted by Crippen LogP contribution is 2.33. The van der Waals surface area contributed by atoms with Crippen LogP contribution in [0.25, 0.3) is 0 Å². The first kappa shape index (κ1) is 25.7. The van der Waals surface area contributed by atoms with E-state index in [9.17, 15) is 9.59 Å². The molecule has 192 valence electrons. The highest BCUT2D eigenvalue weighted by atomic mass is 16.5. The normalized spacial score (nSPS) is 23.8. The second-order valence-electron chi connectivity index (χ2n) is 9.86. The summed E-state index contributed by atoms with van der Waals surface area (Å²) in [6.45, 7) is 7.66. The molecule has 2 amide bonds. The minimum Gasteiger partial charge on any atom is -0.496 e. The van der Waals surface area contributed by atoms with Gasteiger partial charge in [0.1, 0.15) is 11.6 Å². The van der Waals surface area contributed by atoms with E-state index in [0.29, 0.717) is 35.5 Å². The molecule has 9 heteroatoms. The lowest BCUT2D eigenvalue weighted by atomic mass is 10.0. The van der Waals surface area contributed by atoms with Crippen LogP contribution in [-0.4, -0.2) is 66.7 Å². The van der Waals surface area contributed by atoms with Crippen LogP contribution in [0.5, 0.6) is 5.75 Å². The van der Waals surface area contributed by atoms with Crippen LogP contribution < -0.4 is 26.0 Å². The van der Waals surface area contributed by atoms with E-state index in [1.165, 1.54) is 0 Å². The van der Waals surface area contributed by atoms with Crippen molar-refractivity contribution in [2.24, 2.45) is 5.73 Å². The fourth-order valence-corrected chi connectivity index (χ4v) is 5.20. The Hall–Kier alpha value is -3.43. The van der Waals surface area contributed by atoms with Crippen LogP contribution in [0.15, 0.2) is 49.3 Å². The number of rotatable bonds is 8. The molecule has 1 saturated heterocycles. The van der Waals surface area contributed by atoms with Gasteiger partial charge in [0.15, 0.2) is 0 Å². The molecule has 1 aromatic carbocycles. The molecule has 0 radical (unpaired) electrons. The zero-order valence-corrected chi connectivity index (χ0v) is 21.3. The molecule has 1 aromatic heterocycles. The molecule has 3 unspecified atom stereocenters. The van der Waals surface area contributed by atoms with E-state index >= 15 is 0 Å². The SMILES string of the molecule is C=CN(c1ccc(C(=O)NC2CCN(C)C2)cn1)C1CCC(N)(NC(=O)c2cccc(OC)c2C)C1. The minimum atomic E-state index is -0.854. The van der Waals surface area contributed by atoms with E-state index in [0.717, 1.165) is 31.5 Å². The van der Waals surface area contributed by atoms with Crippen molar-refractivity contribution in [2.45, 2.75) is 50.4 Å². The van der Waals surface area contributed by atoms with E-state index < -0.39 is 5.66 Å². The van der Waals surface area contributed by atoms with Crippen molar-refractivity contribution in [3.63, 3.8) is 0 Å². The highest BCUT2D eigenvalue weighted by molar-refractivity contribution is 5.96. The molecule has 0 bridgehead atoms. The number of amides is 2. The number of hydrogen-bond donors (Lipinski definition) is 3. The van der Waals surface area contributed by atoms with E-state index in [4.69, 9.17) is 10.5 Å². The molecule has 2 aliphatic rings. The van der Waals surface area contributed by atoms with Crippen LogP contribution in [-0.2, 0) is 0 Å². The lowest BCUT2D eigenvalue weighted by Gasteiger charge is -2.30. The van der Waals surface area contributed by atoms with Gasteiger partial charge in [-0.2, -0.15) is 0 Å². The summed E-state index contributed by atoms with van der Waals surface area (Å²) in [5, 5.41) is 6.11. The van der Waals surface area contributed by atoms with Gasteiger partial charge < -0.3 is 30.9 Å². The summed E-state index contributed by atoms with van der Waals surface area (Å²) >= 11 is 0. The van der Waals surface area contributed by atoms with Gasteiger partial charge in [-0.3, -0.25) is 9.59 Å². The second-order valence-corrected chi connectivity index (χ2v) is 9.86. The fourth-order valence-electron chi connectivity index (χ4n) is 5.20. The predicted molar refractivity (Wildman–Crippen MR) is 140 cm³/mol. The lowest BCUT2D eigenvalue weighted by Crippen LogP contribution is -2.55. The van der Waals surface area contributed by atoms with Gasteiger partial charge in [-0.15, -0.1) is 0 Å². The maximum absolute atomic E-state index is 13.0. The summed E-state index contributed by atoms with van der Waals surface area (Å²) in [7, 11) is 3.64. The molecular formula is C27H36N6O3. The van der Waals surface area contributed by atoms with Crippen molar-refractivity contribution in [1.29, 1.82) is 0 Å². The zero-order valence-electron chi connectivity index (χ0n) is 21.3. The maximum Gasteiger partial charge on any atom is 0.253 e. The molecule has 0 spiro atoms. The van der Waals surface area contributed by atoms with Crippen molar-refractivity contribution < 1.29 is 14.3 Å². The van der Waals surface area contributed by atoms with Gasteiger partial charge in [-0.1, -0.05) is 12.6 Å². The number of hydrogen-bond acceptors (Lipinski definition) is 7. The molecule has 4 rings (SSSR count). The van der Waals surface area contributed by atoms with Crippen LogP contribution in [0.3, 0.4) is 0 Å². The van der Waals surface area contributed by atoms with Crippen molar-refractivity contribution in [1.82, 2.24) is 20.5 Å². The number of nitrogens with one attached hydrogen (secondary N) is 2. The number of likely N-dealkylation sites (tertiary alicyclic amines) is 1. The van der Waals surface area contributed by atoms with E-state index in [1.54, 1.807) is 37.7 Å². The molecular weight excluding hydrogens is 456 g/mol. The summed E-state index contributed by atoms with van der Waals surface area (Å²) in [5.41, 5.74) is 7.62. The van der Waals surface area contributed by atoms with Gasteiger partial charge >= 0.3 is 0 Å². The van der Waals surface area contributed by atoms with Crippen LogP contribution in [0.2, 0.25) is 0 Å². The molecule has 36 heavy (non-hydrogen) atoms. The number of benzene rings is 1. The van der Waals surface area contributed by atoms with Gasteiger partial charge in [-0.05, 0) is 70.2 Å². The molecule has 1 aliphatic heterocycles. The third-order valence-electron chi connectivity index (χ3n) is 7.23. The van der Waals surface area contributed by atoms with E-state index in [2.05, 4.69) is 34.1 Å². The quantitative estimate of drug-likeness (QED) is 0.485. The summed E-state index contributed by atoms with van der Waals surface area (Å²) in [6, 6.07) is 9.18. The molecule has 3 atom stereocenters. The summed E-state index contributed by atoms with van der Waals surface area (Å²) in [4.78, 5) is 34.3. The van der Waals surface area contributed by atoms with E-state index in [1.807, 2.05) is 24.0 Å². The van der Waals surface area contributed by atoms with Crippen molar-refractivity contribution >= 4 is 17.6 Å². The number of nitrogens with two attached hydrogens (primary N) is 1. The number of ether oxygens (including phenoxy) is 1. The second kappa shape index (κ2) is 10.7. The molecule has 2 fully saturated rings. The van der Waals surface area contributed by atoms with Gasteiger partial charge in [0, 0.05) is 42.4 Å². The number of likely N-dealkylation sites (N-methyl/N-ethyl adjacent to an activating group) is 1. The predicted octanol–water partition coefficient (Wildman–Crippen LogP) is 2.42. The number of carbonyl (C=O) groups is 2. The number of pyridine rings is 1. The topological polar surface area (TPSA) is 113 Å². The number of carbonyl (C=O) groups excluding carboxylic acids is 2. The molecule has 1 aliphatic carbocycles. The Morgan fingerprint density at radius 1 is 1.28 bits per heavy atom. The van der Waals surface area contributed by atoms with Crippen molar-refractivity contribution in [3.8, 4) is 5.75 Å². The Bertz CT molecular complexity index is 1120. The number of anilines is 1. The van der Waals surface area contributed by atoms with Gasteiger partial charge in [0.05, 0.1) is 18.3 Å². The number of nitrogens with zero attached hydrogens (tertiary/aromatic N) is 3. The fraction of sp³-hybridized carbons (Fsp3) is 0.444. The van der Waals surface area contributed by atoms with Gasteiger partial charge in [0.2, 0.25) is 0 Å². The molecule has 1 saturated carbocycles. The zero-order chi connectivity index (χ0) is 25.9. The smallest absolute Gasteiger partial charge is 0.253 e. The number of methoxy groups -OCH3 is 1. The Balaban J connectivity index is 1.39. The van der Waals surface area contributed by atoms with E-state index in [-0.39, 0.29) is 23.9 Å². The summed E-state index contributed by atoms with van der Waals surface area (Å²) in [6.07, 6.45) is 6.19. The Morgan fingerprint density at radius 3 is 2.72 bits per heavy atom. The molecule has 9 nitrogen and oxygen atoms in total. The first-order valence-electron chi connectivity index (χ1n) is 12.3. The first-order valence-corrected chi connectivity index (χ1v) is 12.3. The van der Waals surface area contributed by atoms with Crippen LogP contribution in [0.4, 0.5) is 5.82 Å². The third kappa shape index (κ3) is 5.52. The van der Waals surface area contributed by atoms with Gasteiger partial charge in [-0.25, -0.2) is 4.98 Å². The lowest BCUT2D eigenvalue weighted by molar-refractivity contribution is 0.0899. The minimum absolute atomic E-state index is 0.0143. The van der Waals surface area contributed by atoms with Crippen LogP contribution in [0.1, 0.15) is 52.0 Å².